The van der Waals surface area contributed by atoms with Crippen molar-refractivity contribution in [3.63, 3.8) is 0 Å². The summed E-state index contributed by atoms with van der Waals surface area (Å²) in [5.74, 6) is 0.740. The first-order valence-electron chi connectivity index (χ1n) is 8.90. The van der Waals surface area contributed by atoms with E-state index in [4.69, 9.17) is 4.74 Å². The van der Waals surface area contributed by atoms with Crippen LogP contribution in [0.15, 0.2) is 35.3 Å². The maximum absolute atomic E-state index is 12.6. The number of nitrogens with zero attached hydrogens (tertiary/aromatic N) is 2. The molecule has 0 bridgehead atoms. The molecular weight excluding hydrogens is 324 g/mol. The third kappa shape index (κ3) is 4.94. The molecule has 0 fully saturated rings. The monoisotopic (exact) mass is 352 g/mol. The maximum atomic E-state index is 12.6. The molecule has 0 amide bonds. The number of ketones is 1. The van der Waals surface area contributed by atoms with E-state index in [1.54, 1.807) is 0 Å². The lowest BCUT2D eigenvalue weighted by molar-refractivity contribution is 0.0920. The zero-order valence-corrected chi connectivity index (χ0v) is 16.6. The normalized spacial score (nSPS) is 11.0. The number of hydrogen-bond donors (Lipinski definition) is 0. The van der Waals surface area contributed by atoms with Crippen molar-refractivity contribution in [3.8, 4) is 5.75 Å². The molecule has 0 saturated carbocycles. The summed E-state index contributed by atoms with van der Waals surface area (Å²) in [4.78, 5) is 19.2. The summed E-state index contributed by atoms with van der Waals surface area (Å²) in [5, 5.41) is 0. The highest BCUT2D eigenvalue weighted by Gasteiger charge is 2.13. The van der Waals surface area contributed by atoms with Crippen LogP contribution >= 0.6 is 0 Å². The Morgan fingerprint density at radius 3 is 2.50 bits per heavy atom. The molecule has 0 aliphatic heterocycles. The Hall–Kier alpha value is -2.62. The number of benzene rings is 2. The molecule has 2 aromatic carbocycles. The Bertz CT molecular complexity index is 825. The zero-order chi connectivity index (χ0) is 19.3. The smallest absolute Gasteiger partial charge is 0.200 e. The Labute approximate surface area is 156 Å². The second-order valence-corrected chi connectivity index (χ2v) is 6.75. The summed E-state index contributed by atoms with van der Waals surface area (Å²) in [6, 6.07) is 9.86. The number of carbonyl (C=O) groups is 1. The zero-order valence-electron chi connectivity index (χ0n) is 16.6. The SMILES string of the molecule is CCN(C)C=Nc1cc(C)c(C(=O)COc2cc(C)ccc2C)cc1C. The number of aliphatic imine (C=N–C) groups is 1. The van der Waals surface area contributed by atoms with Gasteiger partial charge in [-0.1, -0.05) is 12.1 Å². The van der Waals surface area contributed by atoms with Gasteiger partial charge < -0.3 is 9.64 Å². The lowest BCUT2D eigenvalue weighted by Gasteiger charge is -2.13. The van der Waals surface area contributed by atoms with E-state index < -0.39 is 0 Å². The molecule has 0 spiro atoms. The second-order valence-electron chi connectivity index (χ2n) is 6.75. The first kappa shape index (κ1) is 19.7. The minimum atomic E-state index is -0.0206. The van der Waals surface area contributed by atoms with E-state index in [1.165, 1.54) is 0 Å². The highest BCUT2D eigenvalue weighted by molar-refractivity contribution is 5.99. The van der Waals surface area contributed by atoms with Gasteiger partial charge in [-0.05, 0) is 75.1 Å². The molecule has 0 N–H and O–H groups in total. The lowest BCUT2D eigenvalue weighted by Crippen LogP contribution is -2.15. The Kier molecular flexibility index (Phi) is 6.56. The van der Waals surface area contributed by atoms with E-state index >= 15 is 0 Å². The van der Waals surface area contributed by atoms with Gasteiger partial charge in [0.1, 0.15) is 5.75 Å². The van der Waals surface area contributed by atoms with Crippen LogP contribution in [-0.4, -0.2) is 37.2 Å². The van der Waals surface area contributed by atoms with Gasteiger partial charge >= 0.3 is 0 Å². The fourth-order valence-corrected chi connectivity index (χ4v) is 2.57. The van der Waals surface area contributed by atoms with Crippen molar-refractivity contribution in [1.29, 1.82) is 0 Å². The predicted molar refractivity (Wildman–Crippen MR) is 108 cm³/mol. The maximum Gasteiger partial charge on any atom is 0.200 e. The molecule has 0 heterocycles. The van der Waals surface area contributed by atoms with E-state index in [0.29, 0.717) is 5.56 Å². The Balaban J connectivity index is 2.15. The van der Waals surface area contributed by atoms with Crippen LogP contribution in [0.2, 0.25) is 0 Å². The van der Waals surface area contributed by atoms with E-state index in [-0.39, 0.29) is 12.4 Å². The summed E-state index contributed by atoms with van der Waals surface area (Å²) < 4.78 is 5.77. The van der Waals surface area contributed by atoms with E-state index in [9.17, 15) is 4.79 Å². The van der Waals surface area contributed by atoms with Gasteiger partial charge in [-0.15, -0.1) is 0 Å². The molecule has 0 saturated heterocycles. The number of Topliss-reactive ketones (excluding diaryl/α,β-unsaturated/α-hetero) is 1. The molecule has 138 valence electrons. The summed E-state index contributed by atoms with van der Waals surface area (Å²) >= 11 is 0. The fraction of sp³-hybridized carbons (Fsp3) is 0.364. The highest BCUT2D eigenvalue weighted by atomic mass is 16.5. The molecule has 26 heavy (non-hydrogen) atoms. The van der Waals surface area contributed by atoms with Crippen molar-refractivity contribution in [2.24, 2.45) is 4.99 Å². The quantitative estimate of drug-likeness (QED) is 0.408. The summed E-state index contributed by atoms with van der Waals surface area (Å²) in [6.45, 7) is 10.9. The Morgan fingerprint density at radius 1 is 1.08 bits per heavy atom. The molecule has 4 heteroatoms. The molecule has 0 aliphatic carbocycles. The lowest BCUT2D eigenvalue weighted by atomic mass is 10.0. The van der Waals surface area contributed by atoms with Crippen LogP contribution < -0.4 is 4.74 Å². The van der Waals surface area contributed by atoms with Gasteiger partial charge in [-0.2, -0.15) is 0 Å². The van der Waals surface area contributed by atoms with Crippen molar-refractivity contribution in [1.82, 2.24) is 4.90 Å². The van der Waals surface area contributed by atoms with Crippen LogP contribution in [0.4, 0.5) is 5.69 Å². The second kappa shape index (κ2) is 8.65. The number of rotatable bonds is 7. The first-order valence-corrected chi connectivity index (χ1v) is 8.90. The van der Waals surface area contributed by atoms with Gasteiger partial charge in [0.2, 0.25) is 0 Å². The number of carbonyl (C=O) groups excluding carboxylic acids is 1. The van der Waals surface area contributed by atoms with Crippen LogP contribution in [0.3, 0.4) is 0 Å². The topological polar surface area (TPSA) is 41.9 Å². The van der Waals surface area contributed by atoms with Crippen molar-refractivity contribution in [2.45, 2.75) is 34.6 Å². The van der Waals surface area contributed by atoms with Crippen LogP contribution in [-0.2, 0) is 0 Å². The van der Waals surface area contributed by atoms with Gasteiger partial charge in [-0.3, -0.25) is 4.79 Å². The van der Waals surface area contributed by atoms with Gasteiger partial charge in [0, 0.05) is 19.2 Å². The number of aryl methyl sites for hydroxylation is 4. The summed E-state index contributed by atoms with van der Waals surface area (Å²) in [5.41, 5.74) is 5.61. The molecular formula is C22H28N2O2. The van der Waals surface area contributed by atoms with Crippen LogP contribution in [0.25, 0.3) is 0 Å². The van der Waals surface area contributed by atoms with Gasteiger partial charge in [0.25, 0.3) is 0 Å². The van der Waals surface area contributed by atoms with E-state index in [1.807, 2.05) is 76.3 Å². The van der Waals surface area contributed by atoms with Crippen LogP contribution in [0.1, 0.15) is 39.5 Å². The van der Waals surface area contributed by atoms with Crippen molar-refractivity contribution >= 4 is 17.8 Å². The third-order valence-corrected chi connectivity index (χ3v) is 4.44. The first-order chi connectivity index (χ1) is 12.3. The highest BCUT2D eigenvalue weighted by Crippen LogP contribution is 2.24. The van der Waals surface area contributed by atoms with Crippen molar-refractivity contribution in [2.75, 3.05) is 20.2 Å². The molecule has 0 radical (unpaired) electrons. The predicted octanol–water partition coefficient (Wildman–Crippen LogP) is 4.79. The van der Waals surface area contributed by atoms with E-state index in [2.05, 4.69) is 11.9 Å². The molecule has 0 aliphatic rings. The largest absolute Gasteiger partial charge is 0.485 e. The standard InChI is InChI=1S/C22H28N2O2/c1-7-24(6)14-23-20-12-17(4)19(11-18(20)5)21(25)13-26-22-10-15(2)8-9-16(22)3/h8-12,14H,7,13H2,1-6H3. The summed E-state index contributed by atoms with van der Waals surface area (Å²) in [6.07, 6.45) is 1.81. The van der Waals surface area contributed by atoms with Gasteiger partial charge in [0.15, 0.2) is 12.4 Å². The summed E-state index contributed by atoms with van der Waals surface area (Å²) in [7, 11) is 1.98. The van der Waals surface area contributed by atoms with Gasteiger partial charge in [0.05, 0.1) is 12.0 Å². The van der Waals surface area contributed by atoms with Gasteiger partial charge in [-0.25, -0.2) is 4.99 Å². The average molecular weight is 352 g/mol. The molecule has 4 nitrogen and oxygen atoms in total. The number of ether oxygens (including phenoxy) is 1. The fourth-order valence-electron chi connectivity index (χ4n) is 2.57. The van der Waals surface area contributed by atoms with Crippen molar-refractivity contribution < 1.29 is 9.53 Å². The van der Waals surface area contributed by atoms with Crippen molar-refractivity contribution in [3.05, 3.63) is 58.1 Å². The molecule has 2 aromatic rings. The third-order valence-electron chi connectivity index (χ3n) is 4.44. The van der Waals surface area contributed by atoms with Crippen LogP contribution in [0, 0.1) is 27.7 Å². The minimum Gasteiger partial charge on any atom is -0.485 e. The average Bonchev–Trinajstić information content (AvgIpc) is 2.62. The minimum absolute atomic E-state index is 0.0206. The van der Waals surface area contributed by atoms with Crippen LogP contribution in [0.5, 0.6) is 5.75 Å². The van der Waals surface area contributed by atoms with E-state index in [0.717, 1.165) is 40.2 Å². The Morgan fingerprint density at radius 2 is 1.81 bits per heavy atom. The molecule has 0 atom stereocenters. The molecule has 0 aromatic heterocycles. The number of hydrogen-bond acceptors (Lipinski definition) is 3. The molecule has 2 rings (SSSR count). The molecule has 0 unspecified atom stereocenters.